The van der Waals surface area contributed by atoms with Crippen LogP contribution in [0.15, 0.2) is 22.6 Å². The van der Waals surface area contributed by atoms with Gasteiger partial charge in [-0.3, -0.25) is 4.79 Å². The SMILES string of the molecule is Cc1nc2ccc(NC(=O)CCS)cc2o1. The number of nitrogens with zero attached hydrogens (tertiary/aromatic N) is 1. The molecular weight excluding hydrogens is 224 g/mol. The second kappa shape index (κ2) is 4.57. The summed E-state index contributed by atoms with van der Waals surface area (Å²) < 4.78 is 5.37. The number of amides is 1. The van der Waals surface area contributed by atoms with Gasteiger partial charge in [-0.05, 0) is 17.9 Å². The molecule has 0 saturated heterocycles. The third-order valence-electron chi connectivity index (χ3n) is 2.12. The van der Waals surface area contributed by atoms with Crippen LogP contribution in [0.1, 0.15) is 12.3 Å². The van der Waals surface area contributed by atoms with E-state index in [1.807, 2.05) is 6.07 Å². The Morgan fingerprint density at radius 3 is 3.12 bits per heavy atom. The molecule has 0 saturated carbocycles. The highest BCUT2D eigenvalue weighted by atomic mass is 32.1. The normalized spacial score (nSPS) is 10.6. The maximum Gasteiger partial charge on any atom is 0.225 e. The van der Waals surface area contributed by atoms with E-state index in [0.29, 0.717) is 23.6 Å². The maximum absolute atomic E-state index is 11.3. The number of benzene rings is 1. The van der Waals surface area contributed by atoms with Gasteiger partial charge < -0.3 is 9.73 Å². The predicted molar refractivity (Wildman–Crippen MR) is 65.8 cm³/mol. The first-order valence-corrected chi connectivity index (χ1v) is 5.60. The number of anilines is 1. The monoisotopic (exact) mass is 236 g/mol. The van der Waals surface area contributed by atoms with Crippen LogP contribution in [-0.2, 0) is 4.79 Å². The van der Waals surface area contributed by atoms with Gasteiger partial charge in [0.25, 0.3) is 0 Å². The molecule has 0 spiro atoms. The van der Waals surface area contributed by atoms with E-state index < -0.39 is 0 Å². The van der Waals surface area contributed by atoms with E-state index in [0.717, 1.165) is 11.2 Å². The summed E-state index contributed by atoms with van der Waals surface area (Å²) in [4.78, 5) is 15.5. The van der Waals surface area contributed by atoms with E-state index in [-0.39, 0.29) is 5.91 Å². The van der Waals surface area contributed by atoms with Gasteiger partial charge in [0.15, 0.2) is 11.5 Å². The van der Waals surface area contributed by atoms with Crippen LogP contribution in [0, 0.1) is 6.92 Å². The first-order valence-electron chi connectivity index (χ1n) is 4.97. The molecule has 2 aromatic rings. The summed E-state index contributed by atoms with van der Waals surface area (Å²) in [5.41, 5.74) is 2.20. The molecule has 0 aliphatic carbocycles. The van der Waals surface area contributed by atoms with E-state index >= 15 is 0 Å². The van der Waals surface area contributed by atoms with Crippen LogP contribution in [0.25, 0.3) is 11.1 Å². The van der Waals surface area contributed by atoms with Gasteiger partial charge in [0, 0.05) is 25.1 Å². The Labute approximate surface area is 98.5 Å². The van der Waals surface area contributed by atoms with Gasteiger partial charge >= 0.3 is 0 Å². The third-order valence-corrected chi connectivity index (χ3v) is 2.34. The van der Waals surface area contributed by atoms with Crippen LogP contribution in [0.5, 0.6) is 0 Å². The summed E-state index contributed by atoms with van der Waals surface area (Å²) in [6, 6.07) is 5.40. The number of hydrogen-bond donors (Lipinski definition) is 2. The molecule has 0 unspecified atom stereocenters. The van der Waals surface area contributed by atoms with Gasteiger partial charge in [0.05, 0.1) is 0 Å². The van der Waals surface area contributed by atoms with Crippen molar-refractivity contribution in [2.45, 2.75) is 13.3 Å². The summed E-state index contributed by atoms with van der Waals surface area (Å²) in [6.07, 6.45) is 0.399. The van der Waals surface area contributed by atoms with Crippen molar-refractivity contribution in [1.82, 2.24) is 4.98 Å². The summed E-state index contributed by atoms with van der Waals surface area (Å²) in [5.74, 6) is 1.11. The molecule has 4 nitrogen and oxygen atoms in total. The third kappa shape index (κ3) is 2.36. The van der Waals surface area contributed by atoms with Gasteiger partial charge in [-0.25, -0.2) is 4.98 Å². The predicted octanol–water partition coefficient (Wildman–Crippen LogP) is 2.39. The van der Waals surface area contributed by atoms with Crippen molar-refractivity contribution in [2.24, 2.45) is 0 Å². The number of aryl methyl sites for hydroxylation is 1. The van der Waals surface area contributed by atoms with Crippen molar-refractivity contribution >= 4 is 35.3 Å². The molecule has 1 N–H and O–H groups in total. The Kier molecular flexibility index (Phi) is 3.14. The molecule has 0 bridgehead atoms. The zero-order valence-corrected chi connectivity index (χ0v) is 9.75. The van der Waals surface area contributed by atoms with Gasteiger partial charge in [0.1, 0.15) is 5.52 Å². The lowest BCUT2D eigenvalue weighted by molar-refractivity contribution is -0.115. The smallest absolute Gasteiger partial charge is 0.225 e. The molecule has 1 amide bonds. The van der Waals surface area contributed by atoms with Crippen molar-refractivity contribution in [2.75, 3.05) is 11.1 Å². The van der Waals surface area contributed by atoms with Gasteiger partial charge in [-0.1, -0.05) is 0 Å². The van der Waals surface area contributed by atoms with Crippen LogP contribution in [0.3, 0.4) is 0 Å². The fourth-order valence-corrected chi connectivity index (χ4v) is 1.65. The van der Waals surface area contributed by atoms with Crippen LogP contribution < -0.4 is 5.32 Å². The molecule has 1 aromatic heterocycles. The summed E-state index contributed by atoms with van der Waals surface area (Å²) in [5, 5.41) is 2.77. The molecule has 0 atom stereocenters. The molecule has 84 valence electrons. The Hall–Kier alpha value is -1.49. The molecule has 5 heteroatoms. The minimum Gasteiger partial charge on any atom is -0.441 e. The van der Waals surface area contributed by atoms with E-state index in [1.54, 1.807) is 19.1 Å². The average molecular weight is 236 g/mol. The highest BCUT2D eigenvalue weighted by molar-refractivity contribution is 7.80. The molecule has 16 heavy (non-hydrogen) atoms. The number of carbonyl (C=O) groups is 1. The molecule has 1 aromatic carbocycles. The minimum absolute atomic E-state index is 0.0504. The Balaban J connectivity index is 2.22. The number of rotatable bonds is 3. The number of carbonyl (C=O) groups excluding carboxylic acids is 1. The largest absolute Gasteiger partial charge is 0.441 e. The summed E-state index contributed by atoms with van der Waals surface area (Å²) in [6.45, 7) is 1.79. The Bertz CT molecular complexity index is 522. The van der Waals surface area contributed by atoms with Crippen molar-refractivity contribution in [3.05, 3.63) is 24.1 Å². The van der Waals surface area contributed by atoms with Gasteiger partial charge in [0.2, 0.25) is 5.91 Å². The lowest BCUT2D eigenvalue weighted by Gasteiger charge is -2.02. The highest BCUT2D eigenvalue weighted by Crippen LogP contribution is 2.19. The van der Waals surface area contributed by atoms with Gasteiger partial charge in [-0.15, -0.1) is 0 Å². The van der Waals surface area contributed by atoms with Crippen molar-refractivity contribution < 1.29 is 9.21 Å². The van der Waals surface area contributed by atoms with E-state index in [2.05, 4.69) is 22.9 Å². The van der Waals surface area contributed by atoms with Crippen LogP contribution in [0.2, 0.25) is 0 Å². The molecule has 2 rings (SSSR count). The average Bonchev–Trinajstić information content (AvgIpc) is 2.57. The first kappa shape index (κ1) is 11.0. The molecule has 0 radical (unpaired) electrons. The van der Waals surface area contributed by atoms with E-state index in [4.69, 9.17) is 4.42 Å². The second-order valence-corrected chi connectivity index (χ2v) is 3.88. The lowest BCUT2D eigenvalue weighted by Crippen LogP contribution is -2.11. The quantitative estimate of drug-likeness (QED) is 0.804. The maximum atomic E-state index is 11.3. The molecule has 1 heterocycles. The minimum atomic E-state index is -0.0504. The Morgan fingerprint density at radius 1 is 1.56 bits per heavy atom. The number of aromatic nitrogens is 1. The summed E-state index contributed by atoms with van der Waals surface area (Å²) in [7, 11) is 0. The van der Waals surface area contributed by atoms with E-state index in [1.165, 1.54) is 0 Å². The number of oxazole rings is 1. The van der Waals surface area contributed by atoms with Crippen molar-refractivity contribution in [3.8, 4) is 0 Å². The van der Waals surface area contributed by atoms with Crippen molar-refractivity contribution in [3.63, 3.8) is 0 Å². The van der Waals surface area contributed by atoms with Gasteiger partial charge in [-0.2, -0.15) is 12.6 Å². The van der Waals surface area contributed by atoms with E-state index in [9.17, 15) is 4.79 Å². The fourth-order valence-electron chi connectivity index (χ4n) is 1.44. The zero-order valence-electron chi connectivity index (χ0n) is 8.86. The molecular formula is C11H12N2O2S. The standard InChI is InChI=1S/C11H12N2O2S/c1-7-12-9-3-2-8(6-10(9)15-7)13-11(14)4-5-16/h2-3,6,16H,4-5H2,1H3,(H,13,14). The molecule has 0 aliphatic heterocycles. The Morgan fingerprint density at radius 2 is 2.38 bits per heavy atom. The number of hydrogen-bond acceptors (Lipinski definition) is 4. The highest BCUT2D eigenvalue weighted by Gasteiger charge is 2.05. The fraction of sp³-hybridized carbons (Fsp3) is 0.273. The number of fused-ring (bicyclic) bond motifs is 1. The number of thiol groups is 1. The molecule has 0 fully saturated rings. The topological polar surface area (TPSA) is 55.1 Å². The van der Waals surface area contributed by atoms with Crippen LogP contribution in [-0.4, -0.2) is 16.6 Å². The zero-order chi connectivity index (χ0) is 11.5. The van der Waals surface area contributed by atoms with Crippen LogP contribution >= 0.6 is 12.6 Å². The molecule has 0 aliphatic rings. The lowest BCUT2D eigenvalue weighted by atomic mass is 10.3. The van der Waals surface area contributed by atoms with Crippen LogP contribution in [0.4, 0.5) is 5.69 Å². The summed E-state index contributed by atoms with van der Waals surface area (Å²) >= 11 is 4.00. The van der Waals surface area contributed by atoms with Crippen molar-refractivity contribution in [1.29, 1.82) is 0 Å². The number of nitrogens with one attached hydrogen (secondary N) is 1. The first-order chi connectivity index (χ1) is 7.69. The second-order valence-electron chi connectivity index (χ2n) is 3.44.